The Morgan fingerprint density at radius 1 is 1.39 bits per heavy atom. The molecule has 0 aromatic carbocycles. The number of carbonyl (C=O) groups is 1. The maximum absolute atomic E-state index is 12.9. The van der Waals surface area contributed by atoms with Crippen molar-refractivity contribution in [2.24, 2.45) is 13.0 Å². The monoisotopic (exact) mass is 482 g/mol. The molecule has 2 aliphatic rings. The molecule has 1 amide bonds. The van der Waals surface area contributed by atoms with E-state index in [1.807, 2.05) is 29.9 Å². The van der Waals surface area contributed by atoms with E-state index in [4.69, 9.17) is 0 Å². The third kappa shape index (κ3) is 4.71. The number of hydrogen-bond donors (Lipinski definition) is 0. The number of carbonyl (C=O) groups excluding carboxylic acids is 1. The van der Waals surface area contributed by atoms with Crippen molar-refractivity contribution in [1.82, 2.24) is 19.7 Å². The van der Waals surface area contributed by atoms with Gasteiger partial charge >= 0.3 is 0 Å². The molecule has 1 aliphatic carbocycles. The van der Waals surface area contributed by atoms with Crippen LogP contribution in [0.5, 0.6) is 0 Å². The Bertz CT molecular complexity index is 1080. The van der Waals surface area contributed by atoms with Crippen LogP contribution in [-0.2, 0) is 34.5 Å². The van der Waals surface area contributed by atoms with Gasteiger partial charge in [0.15, 0.2) is 20.8 Å². The first-order chi connectivity index (χ1) is 14.7. The average Bonchev–Trinajstić information content (AvgIpc) is 3.42. The van der Waals surface area contributed by atoms with E-state index in [1.165, 1.54) is 35.0 Å². The molecule has 0 saturated carbocycles. The lowest BCUT2D eigenvalue weighted by atomic mass is 9.87. The number of hydrogen-bond acceptors (Lipinski definition) is 7. The van der Waals surface area contributed by atoms with Gasteiger partial charge in [0, 0.05) is 25.0 Å². The van der Waals surface area contributed by atoms with Gasteiger partial charge in [-0.05, 0) is 50.2 Å². The van der Waals surface area contributed by atoms with Crippen LogP contribution in [0.1, 0.15) is 43.6 Å². The van der Waals surface area contributed by atoms with Crippen LogP contribution in [0.4, 0.5) is 0 Å². The third-order valence-electron chi connectivity index (χ3n) is 6.55. The molecule has 2 aromatic heterocycles. The molecule has 4 rings (SSSR count). The van der Waals surface area contributed by atoms with Crippen molar-refractivity contribution in [3.63, 3.8) is 0 Å². The minimum Gasteiger partial charge on any atom is -0.341 e. The van der Waals surface area contributed by atoms with E-state index >= 15 is 0 Å². The zero-order valence-electron chi connectivity index (χ0n) is 18.5. The lowest BCUT2D eigenvalue weighted by molar-refractivity contribution is -0.130. The van der Waals surface area contributed by atoms with Gasteiger partial charge in [-0.3, -0.25) is 4.79 Å². The summed E-state index contributed by atoms with van der Waals surface area (Å²) >= 11 is 3.18. The van der Waals surface area contributed by atoms with Crippen molar-refractivity contribution >= 4 is 38.8 Å². The highest BCUT2D eigenvalue weighted by Gasteiger charge is 2.34. The van der Waals surface area contributed by atoms with Gasteiger partial charge in [-0.15, -0.1) is 21.5 Å². The zero-order valence-corrected chi connectivity index (χ0v) is 20.9. The summed E-state index contributed by atoms with van der Waals surface area (Å²) in [6.45, 7) is 4.11. The molecule has 0 radical (unpaired) electrons. The molecular formula is C21H30N4O3S3. The van der Waals surface area contributed by atoms with Gasteiger partial charge in [-0.25, -0.2) is 8.42 Å². The molecule has 2 aromatic rings. The van der Waals surface area contributed by atoms with E-state index in [9.17, 15) is 13.2 Å². The predicted molar refractivity (Wildman–Crippen MR) is 125 cm³/mol. The fourth-order valence-electron chi connectivity index (χ4n) is 4.45. The second-order valence-electron chi connectivity index (χ2n) is 8.71. The molecule has 3 unspecified atom stereocenters. The predicted octanol–water partition coefficient (Wildman–Crippen LogP) is 3.18. The minimum absolute atomic E-state index is 0.0582. The molecule has 10 heteroatoms. The molecule has 1 fully saturated rings. The van der Waals surface area contributed by atoms with Gasteiger partial charge in [0.25, 0.3) is 0 Å². The van der Waals surface area contributed by atoms with Gasteiger partial charge < -0.3 is 9.47 Å². The van der Waals surface area contributed by atoms with Crippen LogP contribution in [-0.4, -0.2) is 63.8 Å². The summed E-state index contributed by atoms with van der Waals surface area (Å²) < 4.78 is 25.5. The van der Waals surface area contributed by atoms with Crippen molar-refractivity contribution in [3.8, 4) is 10.7 Å². The first kappa shape index (κ1) is 22.8. The summed E-state index contributed by atoms with van der Waals surface area (Å²) in [5, 5.41) is 9.09. The first-order valence-corrected chi connectivity index (χ1v) is 14.3. The lowest BCUT2D eigenvalue weighted by Crippen LogP contribution is -2.41. The number of fused-ring (bicyclic) bond motifs is 1. The third-order valence-corrected chi connectivity index (χ3v) is 10.7. The molecule has 1 aliphatic heterocycles. The normalized spacial score (nSPS) is 23.5. The van der Waals surface area contributed by atoms with Gasteiger partial charge in [0.2, 0.25) is 5.91 Å². The SMILES string of the molecule is CCC1CCc2sc(-c3nnc(SC(C)C(=O)N(C)C4CCS(=O)(=O)C4)n3C)cc2C1. The maximum atomic E-state index is 12.9. The Hall–Kier alpha value is -1.39. The van der Waals surface area contributed by atoms with E-state index in [2.05, 4.69) is 23.2 Å². The van der Waals surface area contributed by atoms with E-state index in [1.54, 1.807) is 11.9 Å². The van der Waals surface area contributed by atoms with Crippen LogP contribution >= 0.6 is 23.1 Å². The van der Waals surface area contributed by atoms with Gasteiger partial charge in [0.05, 0.1) is 21.6 Å². The molecule has 7 nitrogen and oxygen atoms in total. The Morgan fingerprint density at radius 2 is 2.16 bits per heavy atom. The van der Waals surface area contributed by atoms with Crippen molar-refractivity contribution < 1.29 is 13.2 Å². The van der Waals surface area contributed by atoms with Gasteiger partial charge in [-0.2, -0.15) is 0 Å². The highest BCUT2D eigenvalue weighted by Crippen LogP contribution is 2.38. The Kier molecular flexibility index (Phi) is 6.52. The molecular weight excluding hydrogens is 452 g/mol. The number of amides is 1. The second kappa shape index (κ2) is 8.86. The average molecular weight is 483 g/mol. The van der Waals surface area contributed by atoms with Crippen LogP contribution in [0.15, 0.2) is 11.2 Å². The molecule has 3 heterocycles. The van der Waals surface area contributed by atoms with E-state index < -0.39 is 9.84 Å². The van der Waals surface area contributed by atoms with Crippen LogP contribution < -0.4 is 0 Å². The molecule has 3 atom stereocenters. The van der Waals surface area contributed by atoms with Crippen LogP contribution in [0, 0.1) is 5.92 Å². The smallest absolute Gasteiger partial charge is 0.235 e. The Balaban J connectivity index is 1.45. The first-order valence-electron chi connectivity index (χ1n) is 10.8. The van der Waals surface area contributed by atoms with Crippen LogP contribution in [0.2, 0.25) is 0 Å². The zero-order chi connectivity index (χ0) is 22.3. The summed E-state index contributed by atoms with van der Waals surface area (Å²) in [6, 6.07) is 2.03. The topological polar surface area (TPSA) is 85.2 Å². The highest BCUT2D eigenvalue weighted by atomic mass is 32.2. The molecule has 0 spiro atoms. The number of nitrogens with zero attached hydrogens (tertiary/aromatic N) is 4. The number of thiophene rings is 1. The van der Waals surface area contributed by atoms with Gasteiger partial charge in [-0.1, -0.05) is 25.1 Å². The van der Waals surface area contributed by atoms with Crippen molar-refractivity contribution in [1.29, 1.82) is 0 Å². The summed E-state index contributed by atoms with van der Waals surface area (Å²) in [5.41, 5.74) is 1.45. The standard InChI is InChI=1S/C21H30N4O3S3/c1-5-14-6-7-17-15(10-14)11-18(30-17)19-22-23-21(25(19)4)29-13(2)20(26)24(3)16-8-9-31(27,28)12-16/h11,13-14,16H,5-10,12H2,1-4H3. The van der Waals surface area contributed by atoms with Gasteiger partial charge in [0.1, 0.15) is 0 Å². The molecule has 170 valence electrons. The molecule has 0 bridgehead atoms. The van der Waals surface area contributed by atoms with E-state index in [-0.39, 0.29) is 28.7 Å². The van der Waals surface area contributed by atoms with Crippen molar-refractivity contribution in [3.05, 3.63) is 16.5 Å². The highest BCUT2D eigenvalue weighted by molar-refractivity contribution is 8.00. The summed E-state index contributed by atoms with van der Waals surface area (Å²) in [7, 11) is 0.616. The fourth-order valence-corrected chi connectivity index (χ4v) is 8.37. The maximum Gasteiger partial charge on any atom is 0.235 e. The minimum atomic E-state index is -3.03. The van der Waals surface area contributed by atoms with E-state index in [0.29, 0.717) is 11.6 Å². The summed E-state index contributed by atoms with van der Waals surface area (Å²) in [6.07, 6.45) is 5.29. The summed E-state index contributed by atoms with van der Waals surface area (Å²) in [5.74, 6) is 1.76. The Labute approximate surface area is 192 Å². The molecule has 0 N–H and O–H groups in total. The fraction of sp³-hybridized carbons (Fsp3) is 0.667. The van der Waals surface area contributed by atoms with Crippen molar-refractivity contribution in [2.45, 2.75) is 62.4 Å². The largest absolute Gasteiger partial charge is 0.341 e. The molecule has 1 saturated heterocycles. The van der Waals surface area contributed by atoms with Crippen molar-refractivity contribution in [2.75, 3.05) is 18.6 Å². The van der Waals surface area contributed by atoms with E-state index in [0.717, 1.165) is 29.5 Å². The van der Waals surface area contributed by atoms with Crippen LogP contribution in [0.3, 0.4) is 0 Å². The number of sulfone groups is 1. The summed E-state index contributed by atoms with van der Waals surface area (Å²) in [4.78, 5) is 17.1. The number of aromatic nitrogens is 3. The quantitative estimate of drug-likeness (QED) is 0.588. The number of rotatable bonds is 6. The molecule has 31 heavy (non-hydrogen) atoms. The number of thioether (sulfide) groups is 1. The van der Waals surface area contributed by atoms with Crippen LogP contribution in [0.25, 0.3) is 10.7 Å². The second-order valence-corrected chi connectivity index (χ2v) is 13.4. The number of aryl methyl sites for hydroxylation is 1. The Morgan fingerprint density at radius 3 is 2.84 bits per heavy atom. The lowest BCUT2D eigenvalue weighted by Gasteiger charge is -2.26.